The van der Waals surface area contributed by atoms with Gasteiger partial charge < -0.3 is 5.41 Å². The van der Waals surface area contributed by atoms with Crippen LogP contribution in [-0.2, 0) is 4.79 Å². The van der Waals surface area contributed by atoms with Gasteiger partial charge in [-0.05, 0) is 5.71 Å². The summed E-state index contributed by atoms with van der Waals surface area (Å²) in [7, 11) is 0. The van der Waals surface area contributed by atoms with E-state index in [2.05, 4.69) is 0 Å². The van der Waals surface area contributed by atoms with E-state index in [1.165, 1.54) is 19.4 Å². The minimum absolute atomic E-state index is 0.0139. The van der Waals surface area contributed by atoms with Gasteiger partial charge in [0, 0.05) is 19.4 Å². The maximum Gasteiger partial charge on any atom is 0.214 e. The summed E-state index contributed by atoms with van der Waals surface area (Å²) < 4.78 is 0. The fourth-order valence-corrected chi connectivity index (χ4v) is 0.696. The van der Waals surface area contributed by atoms with Gasteiger partial charge in [-0.25, -0.2) is 0 Å². The van der Waals surface area contributed by atoms with Gasteiger partial charge in [0.1, 0.15) is 5.57 Å². The molecule has 0 unspecified atom stereocenters. The van der Waals surface area contributed by atoms with Gasteiger partial charge in [-0.15, -0.1) is 0 Å². The number of hydrogen-bond acceptors (Lipinski definition) is 1. The third kappa shape index (κ3) is 1.35. The van der Waals surface area contributed by atoms with E-state index >= 15 is 0 Å². The quantitative estimate of drug-likeness (QED) is 0.497. The number of ketones is 1. The van der Waals surface area contributed by atoms with Gasteiger partial charge in [0.2, 0.25) is 5.78 Å². The number of rotatable bonds is 1. The topological polar surface area (TPSA) is 39.4 Å². The Morgan fingerprint density at radius 1 is 1.60 bits per heavy atom. The molecule has 0 N–H and O–H groups in total. The van der Waals surface area contributed by atoms with Crippen LogP contribution in [0.1, 0.15) is 6.92 Å². The zero-order chi connectivity index (χ0) is 7.56. The third-order valence-electron chi connectivity index (χ3n) is 1.27. The number of hydrogen-bond donors (Lipinski definition) is 0. The molecule has 1 aliphatic rings. The minimum atomic E-state index is 0.0139. The highest BCUT2D eigenvalue weighted by molar-refractivity contribution is 6.10. The van der Waals surface area contributed by atoms with Crippen LogP contribution in [-0.4, -0.2) is 11.5 Å². The molecule has 0 bridgehead atoms. The summed E-state index contributed by atoms with van der Waals surface area (Å²) in [6, 6.07) is 0. The van der Waals surface area contributed by atoms with E-state index in [-0.39, 0.29) is 11.5 Å². The first-order valence-electron chi connectivity index (χ1n) is 3.00. The van der Waals surface area contributed by atoms with Gasteiger partial charge in [-0.1, -0.05) is 0 Å². The summed E-state index contributed by atoms with van der Waals surface area (Å²) in [4.78, 5) is 10.7. The lowest BCUT2D eigenvalue weighted by molar-refractivity contribution is -0.113. The van der Waals surface area contributed by atoms with Crippen molar-refractivity contribution in [2.45, 2.75) is 6.92 Å². The van der Waals surface area contributed by atoms with E-state index in [9.17, 15) is 4.79 Å². The Labute approximate surface area is 59.8 Å². The molecule has 2 heteroatoms. The molecule has 2 nitrogen and oxygen atoms in total. The van der Waals surface area contributed by atoms with Gasteiger partial charge in [0.25, 0.3) is 0 Å². The molecule has 0 aromatic rings. The summed E-state index contributed by atoms with van der Waals surface area (Å²) in [5.41, 5.74) is 0.808. The standard InChI is InChI=1S/C8H7NO/c1-6(10)7-2-4-8(9)5-3-7/h2-5H,1H3. The number of allylic oxidation sites excluding steroid dienone is 4. The van der Waals surface area contributed by atoms with E-state index in [0.29, 0.717) is 5.57 Å². The van der Waals surface area contributed by atoms with Crippen LogP contribution < -0.4 is 0 Å². The van der Waals surface area contributed by atoms with Gasteiger partial charge in [0.05, 0.1) is 12.2 Å². The zero-order valence-corrected chi connectivity index (χ0v) is 5.66. The van der Waals surface area contributed by atoms with Crippen molar-refractivity contribution >= 4 is 11.5 Å². The van der Waals surface area contributed by atoms with Crippen molar-refractivity contribution in [1.29, 1.82) is 0 Å². The van der Waals surface area contributed by atoms with E-state index in [4.69, 9.17) is 5.41 Å². The molecule has 1 rings (SSSR count). The summed E-state index contributed by atoms with van der Waals surface area (Å²) in [5, 5.41) is 8.83. The van der Waals surface area contributed by atoms with Gasteiger partial charge in [-0.2, -0.15) is 0 Å². The summed E-state index contributed by atoms with van der Waals surface area (Å²) in [6.07, 6.45) is 6.18. The van der Waals surface area contributed by atoms with Crippen LogP contribution in [0.4, 0.5) is 0 Å². The number of carbonyl (C=O) groups is 1. The fraction of sp³-hybridized carbons (Fsp3) is 0.125. The first kappa shape index (κ1) is 6.81. The molecular formula is C8H7NO. The molecule has 0 radical (unpaired) electrons. The molecule has 0 atom stereocenters. The maximum atomic E-state index is 10.7. The van der Waals surface area contributed by atoms with Crippen molar-refractivity contribution < 1.29 is 4.79 Å². The van der Waals surface area contributed by atoms with Crippen LogP contribution in [0.2, 0.25) is 0 Å². The van der Waals surface area contributed by atoms with Crippen molar-refractivity contribution in [1.82, 2.24) is 0 Å². The first-order valence-corrected chi connectivity index (χ1v) is 3.00. The van der Waals surface area contributed by atoms with Crippen LogP contribution in [0, 0.1) is 6.42 Å². The molecule has 0 saturated heterocycles. The lowest BCUT2D eigenvalue weighted by Gasteiger charge is -1.99. The van der Waals surface area contributed by atoms with Crippen molar-refractivity contribution in [3.8, 4) is 0 Å². The molecule has 50 valence electrons. The predicted octanol–water partition coefficient (Wildman–Crippen LogP) is 1.29. The average molecular weight is 133 g/mol. The van der Waals surface area contributed by atoms with Crippen molar-refractivity contribution in [2.75, 3.05) is 0 Å². The van der Waals surface area contributed by atoms with Gasteiger partial charge >= 0.3 is 0 Å². The largest absolute Gasteiger partial charge is 0.779 e. The highest BCUT2D eigenvalue weighted by Gasteiger charge is 2.09. The normalized spacial score (nSPS) is 16.1. The molecular weight excluding hydrogens is 126 g/mol. The fourth-order valence-electron chi connectivity index (χ4n) is 0.696. The lowest BCUT2D eigenvalue weighted by atomic mass is 10.0. The minimum Gasteiger partial charge on any atom is -0.779 e. The molecule has 10 heavy (non-hydrogen) atoms. The van der Waals surface area contributed by atoms with E-state index in [1.54, 1.807) is 12.2 Å². The molecule has 0 amide bonds. The van der Waals surface area contributed by atoms with Crippen molar-refractivity contribution in [3.05, 3.63) is 35.6 Å². The monoisotopic (exact) mass is 133 g/mol. The molecule has 0 aliphatic heterocycles. The Morgan fingerprint density at radius 2 is 2.30 bits per heavy atom. The zero-order valence-electron chi connectivity index (χ0n) is 5.66. The second-order valence-corrected chi connectivity index (χ2v) is 2.10. The Balaban J connectivity index is 2.77. The number of Topliss-reactive ketones (excluding diaryl/α,β-unsaturated/α-hetero) is 1. The Morgan fingerprint density at radius 3 is 2.70 bits per heavy atom. The third-order valence-corrected chi connectivity index (χ3v) is 1.27. The molecule has 1 aliphatic carbocycles. The van der Waals surface area contributed by atoms with Crippen molar-refractivity contribution in [3.63, 3.8) is 0 Å². The van der Waals surface area contributed by atoms with E-state index in [1.807, 2.05) is 0 Å². The molecule has 0 saturated carbocycles. The number of nitrogens with zero attached hydrogens (tertiary/aromatic N) is 1. The lowest BCUT2D eigenvalue weighted by Crippen LogP contribution is -2.01. The second kappa shape index (κ2) is 2.52. The Hall–Kier alpha value is -1.31. The van der Waals surface area contributed by atoms with Crippen LogP contribution in [0.15, 0.2) is 23.8 Å². The smallest absolute Gasteiger partial charge is 0.214 e. The highest BCUT2D eigenvalue weighted by atomic mass is 16.1. The van der Waals surface area contributed by atoms with Gasteiger partial charge in [-0.3, -0.25) is 4.79 Å². The van der Waals surface area contributed by atoms with Crippen LogP contribution in [0.5, 0.6) is 0 Å². The predicted molar refractivity (Wildman–Crippen MR) is 40.6 cm³/mol. The SMILES string of the molecule is CC(=O)C1=C[CH+]C(=[N-])C=C1. The maximum absolute atomic E-state index is 10.7. The average Bonchev–Trinajstić information content (AvgIpc) is 1.88. The van der Waals surface area contributed by atoms with Crippen LogP contribution >= 0.6 is 0 Å². The Bertz CT molecular complexity index is 236. The molecule has 0 fully saturated rings. The van der Waals surface area contributed by atoms with Gasteiger partial charge in [0.15, 0.2) is 0 Å². The molecule has 0 heterocycles. The summed E-state index contributed by atoms with van der Waals surface area (Å²) in [6.45, 7) is 1.49. The molecule has 0 aromatic carbocycles. The van der Waals surface area contributed by atoms with Crippen LogP contribution in [0.25, 0.3) is 5.41 Å². The number of carbonyl (C=O) groups excluding carboxylic acids is 1. The van der Waals surface area contributed by atoms with E-state index < -0.39 is 0 Å². The summed E-state index contributed by atoms with van der Waals surface area (Å²) in [5.74, 6) is 0.0139. The highest BCUT2D eigenvalue weighted by Crippen LogP contribution is 2.06. The second-order valence-electron chi connectivity index (χ2n) is 2.10. The molecule has 0 aromatic heterocycles. The van der Waals surface area contributed by atoms with E-state index in [0.717, 1.165) is 0 Å². The summed E-state index contributed by atoms with van der Waals surface area (Å²) >= 11 is 0. The first-order chi connectivity index (χ1) is 4.70. The van der Waals surface area contributed by atoms with Crippen LogP contribution in [0.3, 0.4) is 0 Å². The Kier molecular flexibility index (Phi) is 1.71. The molecule has 0 spiro atoms. The van der Waals surface area contributed by atoms with Crippen molar-refractivity contribution in [2.24, 2.45) is 0 Å².